The molecule has 5 nitrogen and oxygen atoms in total. The summed E-state index contributed by atoms with van der Waals surface area (Å²) in [6, 6.07) is 0. The van der Waals surface area contributed by atoms with Gasteiger partial charge in [0.05, 0.1) is 11.8 Å². The van der Waals surface area contributed by atoms with Crippen LogP contribution in [0.15, 0.2) is 12.2 Å². The quantitative estimate of drug-likeness (QED) is 0.524. The number of primary amides is 1. The molecule has 0 aromatic rings. The Bertz CT molecular complexity index is 411. The van der Waals surface area contributed by atoms with Crippen molar-refractivity contribution in [2.75, 3.05) is 6.54 Å². The van der Waals surface area contributed by atoms with Gasteiger partial charge in [0.2, 0.25) is 17.7 Å². The molecule has 0 aromatic heterocycles. The number of allylic oxidation sites excluding steroid dienone is 2. The van der Waals surface area contributed by atoms with Crippen LogP contribution in [-0.2, 0) is 14.4 Å². The zero-order valence-electron chi connectivity index (χ0n) is 9.33. The van der Waals surface area contributed by atoms with Crippen molar-refractivity contribution in [2.45, 2.75) is 12.8 Å². The molecule has 0 radical (unpaired) electrons. The average molecular weight is 234 g/mol. The molecule has 3 amide bonds. The fourth-order valence-corrected chi connectivity index (χ4v) is 3.45. The van der Waals surface area contributed by atoms with Crippen LogP contribution < -0.4 is 5.73 Å². The Morgan fingerprint density at radius 2 is 1.65 bits per heavy atom. The van der Waals surface area contributed by atoms with Gasteiger partial charge < -0.3 is 5.73 Å². The molecule has 3 aliphatic carbocycles. The summed E-state index contributed by atoms with van der Waals surface area (Å²) in [5.41, 5.74) is 5.07. The maximum Gasteiger partial charge on any atom is 0.237 e. The third kappa shape index (κ3) is 1.34. The molecule has 2 N–H and O–H groups in total. The zero-order chi connectivity index (χ0) is 12.2. The molecule has 17 heavy (non-hydrogen) atoms. The van der Waals surface area contributed by atoms with Gasteiger partial charge in [-0.3, -0.25) is 19.3 Å². The Kier molecular flexibility index (Phi) is 2.11. The highest BCUT2D eigenvalue weighted by molar-refractivity contribution is 6.08. The Morgan fingerprint density at radius 3 is 2.00 bits per heavy atom. The number of nitrogens with zero attached hydrogens (tertiary/aromatic N) is 1. The minimum Gasteiger partial charge on any atom is -0.368 e. The molecule has 0 unspecified atom stereocenters. The van der Waals surface area contributed by atoms with Crippen LogP contribution >= 0.6 is 0 Å². The van der Waals surface area contributed by atoms with Crippen LogP contribution in [0.3, 0.4) is 0 Å². The first-order valence-corrected chi connectivity index (χ1v) is 5.91. The molecule has 90 valence electrons. The van der Waals surface area contributed by atoms with Crippen molar-refractivity contribution < 1.29 is 14.4 Å². The lowest BCUT2D eigenvalue weighted by molar-refractivity contribution is -0.143. The van der Waals surface area contributed by atoms with Gasteiger partial charge in [-0.15, -0.1) is 0 Å². The van der Waals surface area contributed by atoms with E-state index in [0.717, 1.165) is 17.7 Å². The summed E-state index contributed by atoms with van der Waals surface area (Å²) in [5.74, 6) is -1.21. The van der Waals surface area contributed by atoms with Crippen molar-refractivity contribution in [3.05, 3.63) is 12.2 Å². The molecule has 0 aromatic carbocycles. The van der Waals surface area contributed by atoms with Crippen molar-refractivity contribution in [1.82, 2.24) is 4.90 Å². The van der Waals surface area contributed by atoms with E-state index in [0.29, 0.717) is 0 Å². The molecule has 1 aliphatic heterocycles. The van der Waals surface area contributed by atoms with Crippen molar-refractivity contribution in [2.24, 2.45) is 29.4 Å². The normalized spacial score (nSPS) is 38.7. The van der Waals surface area contributed by atoms with Crippen molar-refractivity contribution in [1.29, 1.82) is 0 Å². The number of nitrogens with two attached hydrogens (primary N) is 1. The van der Waals surface area contributed by atoms with Crippen LogP contribution in [-0.4, -0.2) is 29.2 Å². The van der Waals surface area contributed by atoms with Crippen molar-refractivity contribution in [3.63, 3.8) is 0 Å². The fraction of sp³-hybridized carbons (Fsp3) is 0.583. The molecule has 1 saturated heterocycles. The molecule has 4 atom stereocenters. The fourth-order valence-electron chi connectivity index (χ4n) is 3.45. The van der Waals surface area contributed by atoms with E-state index >= 15 is 0 Å². The Morgan fingerprint density at radius 1 is 1.18 bits per heavy atom. The van der Waals surface area contributed by atoms with Crippen LogP contribution in [0.5, 0.6) is 0 Å². The molecule has 4 rings (SSSR count). The van der Waals surface area contributed by atoms with Gasteiger partial charge in [-0.25, -0.2) is 0 Å². The summed E-state index contributed by atoms with van der Waals surface area (Å²) in [5, 5.41) is 0. The average Bonchev–Trinajstić information content (AvgIpc) is 2.57. The summed E-state index contributed by atoms with van der Waals surface area (Å²) >= 11 is 0. The predicted molar refractivity (Wildman–Crippen MR) is 58.2 cm³/mol. The van der Waals surface area contributed by atoms with E-state index < -0.39 is 5.91 Å². The number of fused-ring (bicyclic) bond motifs is 1. The van der Waals surface area contributed by atoms with Crippen LogP contribution in [0.2, 0.25) is 0 Å². The SMILES string of the molecule is NC(=O)CN1C(=O)[C@H]2[C@H](C1=O)[C@H]1C=C[C@H]2CC1. The molecule has 4 aliphatic rings. The summed E-state index contributed by atoms with van der Waals surface area (Å²) in [6.45, 7) is -0.274. The maximum atomic E-state index is 12.1. The zero-order valence-corrected chi connectivity index (χ0v) is 9.33. The third-order valence-electron chi connectivity index (χ3n) is 4.16. The number of amides is 3. The summed E-state index contributed by atoms with van der Waals surface area (Å²) in [7, 11) is 0. The van der Waals surface area contributed by atoms with E-state index in [2.05, 4.69) is 0 Å². The molecule has 2 bridgehead atoms. The molecular formula is C12H14N2O3. The first kappa shape index (κ1) is 10.5. The van der Waals surface area contributed by atoms with Crippen molar-refractivity contribution in [3.8, 4) is 0 Å². The highest BCUT2D eigenvalue weighted by Crippen LogP contribution is 2.49. The smallest absolute Gasteiger partial charge is 0.237 e. The molecule has 1 heterocycles. The monoisotopic (exact) mass is 234 g/mol. The van der Waals surface area contributed by atoms with E-state index in [9.17, 15) is 14.4 Å². The van der Waals surface area contributed by atoms with Crippen LogP contribution in [0.1, 0.15) is 12.8 Å². The number of hydrogen-bond acceptors (Lipinski definition) is 3. The lowest BCUT2D eigenvalue weighted by Crippen LogP contribution is -2.38. The number of hydrogen-bond donors (Lipinski definition) is 1. The second-order valence-corrected chi connectivity index (χ2v) is 5.07. The van der Waals surface area contributed by atoms with Gasteiger partial charge in [0.25, 0.3) is 0 Å². The maximum absolute atomic E-state index is 12.1. The largest absolute Gasteiger partial charge is 0.368 e. The molecule has 2 fully saturated rings. The second-order valence-electron chi connectivity index (χ2n) is 5.07. The van der Waals surface area contributed by atoms with E-state index in [-0.39, 0.29) is 42.0 Å². The van der Waals surface area contributed by atoms with Gasteiger partial charge in [-0.2, -0.15) is 0 Å². The lowest BCUT2D eigenvalue weighted by atomic mass is 9.63. The van der Waals surface area contributed by atoms with Crippen LogP contribution in [0.4, 0.5) is 0 Å². The Balaban J connectivity index is 1.94. The van der Waals surface area contributed by atoms with Gasteiger partial charge in [-0.1, -0.05) is 12.2 Å². The molecular weight excluding hydrogens is 220 g/mol. The van der Waals surface area contributed by atoms with Gasteiger partial charge in [0, 0.05) is 0 Å². The van der Waals surface area contributed by atoms with Gasteiger partial charge >= 0.3 is 0 Å². The predicted octanol–water partition coefficient (Wildman–Crippen LogP) is -0.331. The van der Waals surface area contributed by atoms with Gasteiger partial charge in [0.15, 0.2) is 0 Å². The second kappa shape index (κ2) is 3.42. The number of carbonyl (C=O) groups excluding carboxylic acids is 3. The lowest BCUT2D eigenvalue weighted by Gasteiger charge is -2.38. The molecule has 0 spiro atoms. The van der Waals surface area contributed by atoms with Gasteiger partial charge in [0.1, 0.15) is 6.54 Å². The first-order valence-electron chi connectivity index (χ1n) is 5.91. The molecule has 5 heteroatoms. The van der Waals surface area contributed by atoms with Crippen molar-refractivity contribution >= 4 is 17.7 Å². The van der Waals surface area contributed by atoms with E-state index in [1.165, 1.54) is 0 Å². The van der Waals surface area contributed by atoms with E-state index in [1.54, 1.807) is 0 Å². The van der Waals surface area contributed by atoms with E-state index in [4.69, 9.17) is 5.73 Å². The minimum atomic E-state index is -0.634. The number of likely N-dealkylation sites (tertiary alicyclic amines) is 1. The summed E-state index contributed by atoms with van der Waals surface area (Å²) in [6.07, 6.45) is 6.03. The number of rotatable bonds is 2. The van der Waals surface area contributed by atoms with Gasteiger partial charge in [-0.05, 0) is 24.7 Å². The number of imide groups is 1. The molecule has 1 saturated carbocycles. The summed E-state index contributed by atoms with van der Waals surface area (Å²) in [4.78, 5) is 36.2. The topological polar surface area (TPSA) is 80.5 Å². The number of carbonyl (C=O) groups is 3. The Hall–Kier alpha value is -1.65. The Labute approximate surface area is 98.6 Å². The third-order valence-corrected chi connectivity index (χ3v) is 4.16. The highest BCUT2D eigenvalue weighted by atomic mass is 16.2. The van der Waals surface area contributed by atoms with Crippen LogP contribution in [0, 0.1) is 23.7 Å². The van der Waals surface area contributed by atoms with E-state index in [1.807, 2.05) is 12.2 Å². The first-order chi connectivity index (χ1) is 8.09. The standard InChI is InChI=1S/C12H14N2O3/c13-8(15)5-14-11(16)9-6-1-2-7(4-3-6)10(9)12(14)17/h1-2,6-7,9-10H,3-5H2,(H2,13,15)/t6-,7-,9+,10+/m0/s1. The summed E-state index contributed by atoms with van der Waals surface area (Å²) < 4.78 is 0. The minimum absolute atomic E-state index is 0.166. The highest BCUT2D eigenvalue weighted by Gasteiger charge is 2.56. The van der Waals surface area contributed by atoms with Crippen LogP contribution in [0.25, 0.3) is 0 Å².